The third-order valence-corrected chi connectivity index (χ3v) is 8.24. The fourth-order valence-electron chi connectivity index (χ4n) is 6.58. The number of benzene rings is 3. The van der Waals surface area contributed by atoms with Crippen molar-refractivity contribution in [3.8, 4) is 5.69 Å². The molecule has 0 bridgehead atoms. The zero-order valence-corrected chi connectivity index (χ0v) is 20.7. The van der Waals surface area contributed by atoms with E-state index in [0.29, 0.717) is 30.6 Å². The van der Waals surface area contributed by atoms with Crippen molar-refractivity contribution in [2.24, 2.45) is 13.0 Å². The van der Waals surface area contributed by atoms with Crippen LogP contribution in [-0.4, -0.2) is 43.5 Å². The van der Waals surface area contributed by atoms with Gasteiger partial charge in [-0.2, -0.15) is 10.2 Å². The number of aryl methyl sites for hydroxylation is 2. The highest BCUT2D eigenvalue weighted by Crippen LogP contribution is 2.69. The number of hydrogen-bond acceptors (Lipinski definition) is 3. The molecule has 184 valence electrons. The van der Waals surface area contributed by atoms with Crippen LogP contribution in [0.1, 0.15) is 33.1 Å². The molecule has 0 radical (unpaired) electrons. The maximum Gasteiger partial charge on any atom is 0.274 e. The molecule has 7 heteroatoms. The molecule has 0 spiro atoms. The van der Waals surface area contributed by atoms with Crippen molar-refractivity contribution in [2.45, 2.75) is 18.3 Å². The van der Waals surface area contributed by atoms with E-state index in [4.69, 9.17) is 0 Å². The van der Waals surface area contributed by atoms with E-state index in [1.54, 1.807) is 22.9 Å². The van der Waals surface area contributed by atoms with Crippen LogP contribution in [0.15, 0.2) is 85.2 Å². The molecule has 5 aromatic rings. The van der Waals surface area contributed by atoms with E-state index in [1.165, 1.54) is 28.8 Å². The lowest BCUT2D eigenvalue weighted by atomic mass is 9.86. The SMILES string of the molecule is Cc1cc2c(cnn2-c2ccc(F)cc2)cc1C12CN(C(=O)c3ccn(C)n3)CC1C2c1ccccc1. The number of hydrogen-bond donors (Lipinski definition) is 0. The summed E-state index contributed by atoms with van der Waals surface area (Å²) in [5.41, 5.74) is 5.91. The lowest BCUT2D eigenvalue weighted by molar-refractivity contribution is 0.0762. The van der Waals surface area contributed by atoms with Gasteiger partial charge in [-0.15, -0.1) is 0 Å². The fraction of sp³-hybridized carbons (Fsp3) is 0.233. The Balaban J connectivity index is 1.31. The molecule has 3 unspecified atom stereocenters. The molecule has 3 heterocycles. The highest BCUT2D eigenvalue weighted by Gasteiger charge is 2.71. The number of aromatic nitrogens is 4. The summed E-state index contributed by atoms with van der Waals surface area (Å²) in [7, 11) is 1.83. The molecular weight excluding hydrogens is 465 g/mol. The normalized spacial score (nSPS) is 22.4. The van der Waals surface area contributed by atoms with Crippen LogP contribution in [0.2, 0.25) is 0 Å². The van der Waals surface area contributed by atoms with Crippen molar-refractivity contribution < 1.29 is 9.18 Å². The van der Waals surface area contributed by atoms with Gasteiger partial charge in [-0.25, -0.2) is 9.07 Å². The van der Waals surface area contributed by atoms with Crippen LogP contribution in [0.3, 0.4) is 0 Å². The first-order chi connectivity index (χ1) is 18.0. The predicted molar refractivity (Wildman–Crippen MR) is 139 cm³/mol. The summed E-state index contributed by atoms with van der Waals surface area (Å²) in [6.45, 7) is 3.51. The van der Waals surface area contributed by atoms with Gasteiger partial charge >= 0.3 is 0 Å². The van der Waals surface area contributed by atoms with E-state index in [1.807, 2.05) is 35.1 Å². The molecule has 2 aliphatic rings. The molecule has 7 rings (SSSR count). The second kappa shape index (κ2) is 7.87. The number of piperidine rings is 1. The first-order valence-corrected chi connectivity index (χ1v) is 12.5. The van der Waals surface area contributed by atoms with Crippen LogP contribution in [0, 0.1) is 18.7 Å². The Morgan fingerprint density at radius 3 is 2.57 bits per heavy atom. The number of carbonyl (C=O) groups is 1. The number of nitrogens with zero attached hydrogens (tertiary/aromatic N) is 5. The van der Waals surface area contributed by atoms with Gasteiger partial charge in [0, 0.05) is 43.1 Å². The van der Waals surface area contributed by atoms with Crippen LogP contribution < -0.4 is 0 Å². The standard InChI is InChI=1S/C30H26FN5O/c1-19-14-27-21(16-32-36(27)23-10-8-22(31)9-11-23)15-24(19)30-18-35(29(37)26-12-13-34(2)33-26)17-25(30)28(30)20-6-4-3-5-7-20/h3-16,25,28H,17-18H2,1-2H3. The van der Waals surface area contributed by atoms with E-state index < -0.39 is 0 Å². The van der Waals surface area contributed by atoms with Crippen molar-refractivity contribution in [1.82, 2.24) is 24.5 Å². The van der Waals surface area contributed by atoms with Gasteiger partial charge in [-0.1, -0.05) is 30.3 Å². The van der Waals surface area contributed by atoms with Crippen LogP contribution in [-0.2, 0) is 12.5 Å². The minimum Gasteiger partial charge on any atom is -0.336 e. The zero-order valence-electron chi connectivity index (χ0n) is 20.7. The van der Waals surface area contributed by atoms with Crippen molar-refractivity contribution >= 4 is 16.8 Å². The molecule has 1 aliphatic heterocycles. The van der Waals surface area contributed by atoms with E-state index in [2.05, 4.69) is 53.5 Å². The fourth-order valence-corrected chi connectivity index (χ4v) is 6.58. The third-order valence-electron chi connectivity index (χ3n) is 8.24. The zero-order chi connectivity index (χ0) is 25.3. The first-order valence-electron chi connectivity index (χ1n) is 12.5. The van der Waals surface area contributed by atoms with Crippen LogP contribution in [0.5, 0.6) is 0 Å². The number of likely N-dealkylation sites (tertiary alicyclic amines) is 1. The van der Waals surface area contributed by atoms with Gasteiger partial charge < -0.3 is 4.90 Å². The monoisotopic (exact) mass is 491 g/mol. The average molecular weight is 492 g/mol. The summed E-state index contributed by atoms with van der Waals surface area (Å²) in [6.07, 6.45) is 3.68. The number of rotatable bonds is 4. The van der Waals surface area contributed by atoms with Gasteiger partial charge in [-0.05, 0) is 72.0 Å². The molecule has 0 N–H and O–H groups in total. The van der Waals surface area contributed by atoms with Crippen LogP contribution in [0.25, 0.3) is 16.6 Å². The minimum absolute atomic E-state index is 0.0122. The second-order valence-electron chi connectivity index (χ2n) is 10.4. The van der Waals surface area contributed by atoms with E-state index in [9.17, 15) is 9.18 Å². The maximum atomic E-state index is 13.5. The van der Waals surface area contributed by atoms with Crippen molar-refractivity contribution in [3.05, 3.63) is 113 Å². The predicted octanol–water partition coefficient (Wildman–Crippen LogP) is 5.01. The minimum atomic E-state index is -0.268. The Bertz CT molecular complexity index is 1650. The van der Waals surface area contributed by atoms with Crippen LogP contribution in [0.4, 0.5) is 4.39 Å². The Morgan fingerprint density at radius 1 is 1.05 bits per heavy atom. The van der Waals surface area contributed by atoms with Crippen molar-refractivity contribution in [2.75, 3.05) is 13.1 Å². The number of carbonyl (C=O) groups excluding carboxylic acids is 1. The molecule has 2 aromatic heterocycles. The number of fused-ring (bicyclic) bond motifs is 2. The number of amides is 1. The lowest BCUT2D eigenvalue weighted by Crippen LogP contribution is -2.35. The van der Waals surface area contributed by atoms with Gasteiger partial charge in [0.15, 0.2) is 0 Å². The molecular formula is C30H26FN5O. The summed E-state index contributed by atoms with van der Waals surface area (Å²) >= 11 is 0. The summed E-state index contributed by atoms with van der Waals surface area (Å²) in [4.78, 5) is 15.3. The molecule has 3 atom stereocenters. The van der Waals surface area contributed by atoms with Crippen LogP contribution >= 0.6 is 0 Å². The van der Waals surface area contributed by atoms with Gasteiger partial charge in [0.1, 0.15) is 11.5 Å². The first kappa shape index (κ1) is 22.0. The summed E-state index contributed by atoms with van der Waals surface area (Å²) in [5, 5.41) is 10.0. The molecule has 1 saturated carbocycles. The van der Waals surface area contributed by atoms with E-state index in [0.717, 1.165) is 16.6 Å². The summed E-state index contributed by atoms with van der Waals surface area (Å²) in [6, 6.07) is 23.2. The molecule has 6 nitrogen and oxygen atoms in total. The smallest absolute Gasteiger partial charge is 0.274 e. The van der Waals surface area contributed by atoms with Gasteiger partial charge in [0.25, 0.3) is 5.91 Å². The number of halogens is 1. The van der Waals surface area contributed by atoms with Gasteiger partial charge in [-0.3, -0.25) is 9.48 Å². The van der Waals surface area contributed by atoms with E-state index in [-0.39, 0.29) is 17.1 Å². The lowest BCUT2D eigenvalue weighted by Gasteiger charge is -2.25. The molecule has 1 amide bonds. The second-order valence-corrected chi connectivity index (χ2v) is 10.4. The van der Waals surface area contributed by atoms with Crippen molar-refractivity contribution in [1.29, 1.82) is 0 Å². The molecule has 1 saturated heterocycles. The molecule has 3 aromatic carbocycles. The molecule has 1 aliphatic carbocycles. The largest absolute Gasteiger partial charge is 0.336 e. The Hall–Kier alpha value is -4.26. The van der Waals surface area contributed by atoms with Gasteiger partial charge in [0.05, 0.1) is 17.4 Å². The third kappa shape index (κ3) is 3.26. The average Bonchev–Trinajstić information content (AvgIpc) is 3.32. The highest BCUT2D eigenvalue weighted by molar-refractivity contribution is 5.93. The Morgan fingerprint density at radius 2 is 1.84 bits per heavy atom. The molecule has 2 fully saturated rings. The summed E-state index contributed by atoms with van der Waals surface area (Å²) in [5.74, 6) is 0.410. The maximum absolute atomic E-state index is 13.5. The topological polar surface area (TPSA) is 56.0 Å². The highest BCUT2D eigenvalue weighted by atomic mass is 19.1. The Labute approximate surface area is 213 Å². The Kier molecular flexibility index (Phi) is 4.67. The van der Waals surface area contributed by atoms with Crippen molar-refractivity contribution in [3.63, 3.8) is 0 Å². The summed E-state index contributed by atoms with van der Waals surface area (Å²) < 4.78 is 17.0. The quantitative estimate of drug-likeness (QED) is 0.355. The van der Waals surface area contributed by atoms with Gasteiger partial charge in [0.2, 0.25) is 0 Å². The van der Waals surface area contributed by atoms with E-state index >= 15 is 0 Å². The molecule has 37 heavy (non-hydrogen) atoms.